The number of hydrogen-bond acceptors (Lipinski definition) is 7. The monoisotopic (exact) mass is 320 g/mol. The van der Waals surface area contributed by atoms with Gasteiger partial charge in [0.05, 0.1) is 18.1 Å². The molecule has 10 heteroatoms. The number of halogens is 1. The molecule has 0 heterocycles. The van der Waals surface area contributed by atoms with Gasteiger partial charge >= 0.3 is 0 Å². The Morgan fingerprint density at radius 2 is 2.10 bits per heavy atom. The molecule has 0 radical (unpaired) electrons. The predicted molar refractivity (Wildman–Crippen MR) is 68.4 cm³/mol. The molecule has 108 valence electrons. The van der Waals surface area contributed by atoms with Gasteiger partial charge in [0.15, 0.2) is 17.6 Å². The van der Waals surface area contributed by atoms with E-state index in [1.54, 1.807) is 6.07 Å². The summed E-state index contributed by atoms with van der Waals surface area (Å²) < 4.78 is 32.8. The molecule has 0 spiro atoms. The van der Waals surface area contributed by atoms with E-state index in [9.17, 15) is 18.5 Å². The van der Waals surface area contributed by atoms with Crippen LogP contribution in [0.4, 0.5) is 5.69 Å². The minimum absolute atomic E-state index is 0.255. The summed E-state index contributed by atoms with van der Waals surface area (Å²) in [6.45, 7) is 1.38. The van der Waals surface area contributed by atoms with Gasteiger partial charge in [-0.25, -0.2) is 8.42 Å². The van der Waals surface area contributed by atoms with Crippen LogP contribution in [0.1, 0.15) is 6.92 Å². The first kappa shape index (κ1) is 16.0. The van der Waals surface area contributed by atoms with Crippen LogP contribution in [-0.4, -0.2) is 26.6 Å². The van der Waals surface area contributed by atoms with Crippen molar-refractivity contribution < 1.29 is 22.8 Å². The first-order chi connectivity index (χ1) is 9.20. The maximum atomic E-state index is 11.4. The number of nitriles is 1. The van der Waals surface area contributed by atoms with Gasteiger partial charge in [-0.15, -0.1) is 0 Å². The van der Waals surface area contributed by atoms with Gasteiger partial charge in [0, 0.05) is 16.7 Å². The van der Waals surface area contributed by atoms with Crippen molar-refractivity contribution in [2.75, 3.05) is 7.11 Å². The normalized spacial score (nSPS) is 12.3. The van der Waals surface area contributed by atoms with Crippen LogP contribution in [0, 0.1) is 21.4 Å². The lowest BCUT2D eigenvalue weighted by molar-refractivity contribution is -0.385. The second-order valence-electron chi connectivity index (χ2n) is 3.56. The molecule has 1 aromatic rings. The molecule has 0 bridgehead atoms. The molecular weight excluding hydrogens is 312 g/mol. The Bertz CT molecular complexity index is 682. The highest BCUT2D eigenvalue weighted by Crippen LogP contribution is 2.40. The number of benzene rings is 1. The Morgan fingerprint density at radius 3 is 2.50 bits per heavy atom. The average Bonchev–Trinajstić information content (AvgIpc) is 2.36. The van der Waals surface area contributed by atoms with E-state index in [-0.39, 0.29) is 11.5 Å². The van der Waals surface area contributed by atoms with E-state index in [1.165, 1.54) is 6.92 Å². The van der Waals surface area contributed by atoms with Crippen molar-refractivity contribution in [3.05, 3.63) is 22.2 Å². The van der Waals surface area contributed by atoms with Gasteiger partial charge in [0.25, 0.3) is 14.7 Å². The van der Waals surface area contributed by atoms with E-state index in [0.29, 0.717) is 0 Å². The minimum atomic E-state index is -4.29. The van der Waals surface area contributed by atoms with Gasteiger partial charge in [-0.3, -0.25) is 10.1 Å². The summed E-state index contributed by atoms with van der Waals surface area (Å²) in [5.74, 6) is -0.553. The molecule has 0 aromatic heterocycles. The van der Waals surface area contributed by atoms with Crippen LogP contribution in [0.2, 0.25) is 0 Å². The van der Waals surface area contributed by atoms with Crippen molar-refractivity contribution in [3.8, 4) is 17.6 Å². The maximum absolute atomic E-state index is 11.4. The Labute approximate surface area is 119 Å². The second-order valence-corrected chi connectivity index (χ2v) is 6.09. The summed E-state index contributed by atoms with van der Waals surface area (Å²) in [5, 5.41) is 19.5. The summed E-state index contributed by atoms with van der Waals surface area (Å²) in [6.07, 6.45) is -0.961. The Hall–Kier alpha value is -2.05. The van der Waals surface area contributed by atoms with E-state index < -0.39 is 30.7 Å². The topological polar surface area (TPSA) is 120 Å². The number of ether oxygens (including phenoxy) is 2. The number of methoxy groups -OCH3 is 1. The zero-order valence-corrected chi connectivity index (χ0v) is 11.9. The number of nitro benzene ring substituents is 1. The summed E-state index contributed by atoms with van der Waals surface area (Å²) >= 11 is 0. The molecule has 0 amide bonds. The number of nitrogens with zero attached hydrogens (tertiary/aromatic N) is 2. The van der Waals surface area contributed by atoms with E-state index >= 15 is 0 Å². The van der Waals surface area contributed by atoms with E-state index in [2.05, 4.69) is 0 Å². The van der Waals surface area contributed by atoms with Crippen molar-refractivity contribution in [3.63, 3.8) is 0 Å². The summed E-state index contributed by atoms with van der Waals surface area (Å²) in [5.41, 5.74) is -0.551. The molecule has 1 rings (SSSR count). The molecule has 1 unspecified atom stereocenters. The molecule has 0 aliphatic heterocycles. The molecule has 0 aliphatic carbocycles. The first-order valence-electron chi connectivity index (χ1n) is 5.08. The highest BCUT2D eigenvalue weighted by atomic mass is 35.7. The highest BCUT2D eigenvalue weighted by Gasteiger charge is 2.26. The molecule has 8 nitrogen and oxygen atoms in total. The predicted octanol–water partition coefficient (Wildman–Crippen LogP) is 1.82. The van der Waals surface area contributed by atoms with E-state index in [4.69, 9.17) is 25.4 Å². The Balaban J connectivity index is 3.60. The van der Waals surface area contributed by atoms with Crippen LogP contribution < -0.4 is 9.47 Å². The molecule has 0 saturated carbocycles. The van der Waals surface area contributed by atoms with Crippen LogP contribution in [0.15, 0.2) is 17.0 Å². The van der Waals surface area contributed by atoms with Crippen molar-refractivity contribution in [1.29, 1.82) is 5.26 Å². The molecule has 0 saturated heterocycles. The van der Waals surface area contributed by atoms with Crippen molar-refractivity contribution in [2.24, 2.45) is 0 Å². The van der Waals surface area contributed by atoms with Crippen LogP contribution in [0.5, 0.6) is 11.5 Å². The van der Waals surface area contributed by atoms with E-state index in [1.807, 2.05) is 0 Å². The number of non-ortho nitro benzene ring substituents is 1. The fraction of sp³-hybridized carbons (Fsp3) is 0.300. The zero-order valence-electron chi connectivity index (χ0n) is 10.4. The van der Waals surface area contributed by atoms with Gasteiger partial charge in [0.1, 0.15) is 11.0 Å². The van der Waals surface area contributed by atoms with Crippen molar-refractivity contribution in [2.45, 2.75) is 17.9 Å². The quantitative estimate of drug-likeness (QED) is 0.461. The molecule has 1 atom stereocenters. The molecule has 0 aliphatic rings. The average molecular weight is 321 g/mol. The highest BCUT2D eigenvalue weighted by molar-refractivity contribution is 8.13. The number of rotatable bonds is 5. The smallest absolute Gasteiger partial charge is 0.274 e. The zero-order chi connectivity index (χ0) is 15.5. The van der Waals surface area contributed by atoms with Gasteiger partial charge < -0.3 is 9.47 Å². The fourth-order valence-corrected chi connectivity index (χ4v) is 2.37. The van der Waals surface area contributed by atoms with Crippen LogP contribution in [0.25, 0.3) is 0 Å². The number of hydrogen-bond donors (Lipinski definition) is 0. The summed E-state index contributed by atoms with van der Waals surface area (Å²) in [7, 11) is 2.07. The van der Waals surface area contributed by atoms with E-state index in [0.717, 1.165) is 19.2 Å². The second kappa shape index (κ2) is 5.94. The lowest BCUT2D eigenvalue weighted by Gasteiger charge is -2.14. The van der Waals surface area contributed by atoms with Crippen LogP contribution in [-0.2, 0) is 9.05 Å². The Kier molecular flexibility index (Phi) is 4.75. The van der Waals surface area contributed by atoms with Gasteiger partial charge in [0.2, 0.25) is 0 Å². The maximum Gasteiger partial charge on any atom is 0.274 e. The first-order valence-corrected chi connectivity index (χ1v) is 7.39. The van der Waals surface area contributed by atoms with Crippen molar-refractivity contribution in [1.82, 2.24) is 0 Å². The van der Waals surface area contributed by atoms with Gasteiger partial charge in [-0.1, -0.05) is 0 Å². The van der Waals surface area contributed by atoms with Crippen molar-refractivity contribution >= 4 is 25.4 Å². The minimum Gasteiger partial charge on any atom is -0.492 e. The molecule has 20 heavy (non-hydrogen) atoms. The molecule has 0 N–H and O–H groups in total. The third-order valence-electron chi connectivity index (χ3n) is 2.17. The van der Waals surface area contributed by atoms with Gasteiger partial charge in [-0.2, -0.15) is 5.26 Å². The standard InChI is InChI=1S/C10H9ClN2O6S/c1-6(5-12)19-8-3-7(13(14)15)4-9(10(8)18-2)20(11,16)17/h3-4,6H,1-2H3. The summed E-state index contributed by atoms with van der Waals surface area (Å²) in [4.78, 5) is 9.38. The molecular formula is C10H9ClN2O6S. The van der Waals surface area contributed by atoms with Crippen LogP contribution >= 0.6 is 10.7 Å². The fourth-order valence-electron chi connectivity index (χ4n) is 1.35. The third kappa shape index (κ3) is 3.49. The van der Waals surface area contributed by atoms with Gasteiger partial charge in [-0.05, 0) is 6.92 Å². The van der Waals surface area contributed by atoms with Crippen LogP contribution in [0.3, 0.4) is 0 Å². The third-order valence-corrected chi connectivity index (χ3v) is 3.50. The summed E-state index contributed by atoms with van der Waals surface area (Å²) in [6, 6.07) is 3.45. The lowest BCUT2D eigenvalue weighted by Crippen LogP contribution is -2.10. The lowest BCUT2D eigenvalue weighted by atomic mass is 10.2. The molecule has 1 aromatic carbocycles. The largest absolute Gasteiger partial charge is 0.492 e. The SMILES string of the molecule is COc1c(OC(C)C#N)cc([N+](=O)[O-])cc1S(=O)(=O)Cl. The number of nitro groups is 1. The Morgan fingerprint density at radius 1 is 1.50 bits per heavy atom. The molecule has 0 fully saturated rings.